The monoisotopic (exact) mass is 556 g/mol. The van der Waals surface area contributed by atoms with Crippen LogP contribution in [0.2, 0.25) is 0 Å². The van der Waals surface area contributed by atoms with Gasteiger partial charge in [-0.1, -0.05) is 31.0 Å². The van der Waals surface area contributed by atoms with Crippen LogP contribution in [0.5, 0.6) is 0 Å². The van der Waals surface area contributed by atoms with Crippen molar-refractivity contribution in [3.05, 3.63) is 58.9 Å². The van der Waals surface area contributed by atoms with E-state index in [9.17, 15) is 4.79 Å². The lowest BCUT2D eigenvalue weighted by Crippen LogP contribution is -2.48. The Balaban J connectivity index is 0.848. The summed E-state index contributed by atoms with van der Waals surface area (Å²) in [7, 11) is 0. The van der Waals surface area contributed by atoms with Gasteiger partial charge in [-0.3, -0.25) is 5.10 Å². The normalized spacial score (nSPS) is 24.4. The third kappa shape index (κ3) is 6.17. The zero-order valence-electron chi connectivity index (χ0n) is 23.5. The summed E-state index contributed by atoms with van der Waals surface area (Å²) < 4.78 is 5.35. The third-order valence-electron chi connectivity index (χ3n) is 9.31. The minimum Gasteiger partial charge on any atom is -0.380 e. The van der Waals surface area contributed by atoms with E-state index >= 15 is 0 Å². The first-order valence-corrected chi connectivity index (χ1v) is 15.3. The van der Waals surface area contributed by atoms with Gasteiger partial charge in [0.1, 0.15) is 5.82 Å². The molecule has 4 aliphatic rings. The molecule has 7 rings (SSSR count). The number of H-pyrrole nitrogens is 1. The molecule has 3 heterocycles. The first-order chi connectivity index (χ1) is 20.1. The minimum absolute atomic E-state index is 0.0524. The van der Waals surface area contributed by atoms with Gasteiger partial charge in [0.25, 0.3) is 0 Å². The molecule has 3 aromatic rings. The number of hydrogen-bond donors (Lipinski definition) is 5. The highest BCUT2D eigenvalue weighted by molar-refractivity contribution is 5.75. The number of carbonyl (C=O) groups excluding carboxylic acids is 1. The first kappa shape index (κ1) is 26.3. The summed E-state index contributed by atoms with van der Waals surface area (Å²) in [6.07, 6.45) is 12.4. The van der Waals surface area contributed by atoms with E-state index in [1.54, 1.807) is 6.20 Å². The topological polar surface area (TPSA) is 129 Å². The summed E-state index contributed by atoms with van der Waals surface area (Å²) in [6, 6.07) is 11.3. The zero-order valence-corrected chi connectivity index (χ0v) is 23.5. The maximum atomic E-state index is 12.8. The molecule has 216 valence electrons. The maximum absolute atomic E-state index is 12.8. The lowest BCUT2D eigenvalue weighted by Gasteiger charge is -2.30. The molecule has 10 nitrogen and oxygen atoms in total. The van der Waals surface area contributed by atoms with Gasteiger partial charge in [-0.05, 0) is 74.1 Å². The van der Waals surface area contributed by atoms with Gasteiger partial charge in [0.15, 0.2) is 5.82 Å². The number of fused-ring (bicyclic) bond motifs is 1. The van der Waals surface area contributed by atoms with E-state index in [-0.39, 0.29) is 24.2 Å². The Kier molecular flexibility index (Phi) is 7.48. The van der Waals surface area contributed by atoms with Gasteiger partial charge in [-0.2, -0.15) is 10.1 Å². The number of anilines is 3. The third-order valence-corrected chi connectivity index (χ3v) is 9.31. The van der Waals surface area contributed by atoms with Crippen molar-refractivity contribution in [3.8, 4) is 0 Å². The average molecular weight is 557 g/mol. The van der Waals surface area contributed by atoms with Crippen molar-refractivity contribution in [2.24, 2.45) is 0 Å². The van der Waals surface area contributed by atoms with E-state index in [2.05, 4.69) is 65.7 Å². The number of hydrogen-bond acceptors (Lipinski definition) is 7. The van der Waals surface area contributed by atoms with Crippen LogP contribution in [0.3, 0.4) is 0 Å². The minimum atomic E-state index is -0.0524. The van der Waals surface area contributed by atoms with Crippen molar-refractivity contribution >= 4 is 23.6 Å². The largest absolute Gasteiger partial charge is 0.380 e. The van der Waals surface area contributed by atoms with Crippen molar-refractivity contribution in [2.45, 2.75) is 94.2 Å². The van der Waals surface area contributed by atoms with Crippen LogP contribution in [0.4, 0.5) is 22.4 Å². The van der Waals surface area contributed by atoms with Crippen LogP contribution in [-0.2, 0) is 17.6 Å². The molecule has 41 heavy (non-hydrogen) atoms. The number of nitrogens with one attached hydrogen (secondary N) is 5. The fourth-order valence-corrected chi connectivity index (χ4v) is 6.88. The Bertz CT molecular complexity index is 1360. The number of nitrogens with zero attached hydrogens (tertiary/aromatic N) is 3. The molecular formula is C31H40N8O2. The van der Waals surface area contributed by atoms with Crippen LogP contribution in [-0.4, -0.2) is 57.5 Å². The summed E-state index contributed by atoms with van der Waals surface area (Å²) in [5.41, 5.74) is 5.29. The molecule has 3 fully saturated rings. The lowest BCUT2D eigenvalue weighted by atomic mass is 9.91. The molecule has 1 aromatic carbocycles. The number of rotatable bonds is 8. The number of ether oxygens (including phenoxy) is 1. The van der Waals surface area contributed by atoms with E-state index in [1.165, 1.54) is 48.1 Å². The van der Waals surface area contributed by atoms with Crippen LogP contribution >= 0.6 is 0 Å². The highest BCUT2D eigenvalue weighted by Gasteiger charge is 2.28. The molecule has 10 heteroatoms. The highest BCUT2D eigenvalue weighted by Crippen LogP contribution is 2.34. The summed E-state index contributed by atoms with van der Waals surface area (Å²) in [5.74, 6) is 3.25. The van der Waals surface area contributed by atoms with Gasteiger partial charge in [0, 0.05) is 47.9 Å². The van der Waals surface area contributed by atoms with Crippen molar-refractivity contribution in [1.82, 2.24) is 30.8 Å². The molecule has 2 saturated carbocycles. The Morgan fingerprint density at radius 1 is 0.829 bits per heavy atom. The number of aromatic amines is 1. The Morgan fingerprint density at radius 2 is 1.61 bits per heavy atom. The summed E-state index contributed by atoms with van der Waals surface area (Å²) >= 11 is 0. The van der Waals surface area contributed by atoms with Crippen LogP contribution in [0, 0.1) is 0 Å². The molecule has 1 unspecified atom stereocenters. The number of urea groups is 1. The number of aromatic nitrogens is 4. The summed E-state index contributed by atoms with van der Waals surface area (Å²) in [4.78, 5) is 21.9. The molecule has 0 radical (unpaired) electrons. The van der Waals surface area contributed by atoms with E-state index in [4.69, 9.17) is 4.74 Å². The van der Waals surface area contributed by atoms with E-state index in [0.29, 0.717) is 17.8 Å². The van der Waals surface area contributed by atoms with Crippen LogP contribution in [0.15, 0.2) is 36.5 Å². The van der Waals surface area contributed by atoms with Gasteiger partial charge >= 0.3 is 6.03 Å². The first-order valence-electron chi connectivity index (χ1n) is 15.3. The quantitative estimate of drug-likeness (QED) is 0.267. The molecule has 3 aliphatic carbocycles. The highest BCUT2D eigenvalue weighted by atomic mass is 16.5. The molecule has 2 aromatic heterocycles. The van der Waals surface area contributed by atoms with Gasteiger partial charge in [0.2, 0.25) is 5.95 Å². The smallest absolute Gasteiger partial charge is 0.315 e. The number of benzene rings is 1. The molecule has 2 amide bonds. The molecule has 5 N–H and O–H groups in total. The maximum Gasteiger partial charge on any atom is 0.315 e. The van der Waals surface area contributed by atoms with Crippen LogP contribution < -0.4 is 21.3 Å². The lowest BCUT2D eigenvalue weighted by molar-refractivity contribution is 0.00840. The molecular weight excluding hydrogens is 516 g/mol. The van der Waals surface area contributed by atoms with Crippen LogP contribution in [0.1, 0.15) is 85.6 Å². The van der Waals surface area contributed by atoms with Gasteiger partial charge in [-0.25, -0.2) is 9.78 Å². The van der Waals surface area contributed by atoms with Gasteiger partial charge in [0.05, 0.1) is 13.2 Å². The number of carbonyl (C=O) groups is 1. The summed E-state index contributed by atoms with van der Waals surface area (Å²) in [6.45, 7) is 1.65. The predicted molar refractivity (Wildman–Crippen MR) is 158 cm³/mol. The van der Waals surface area contributed by atoms with Crippen molar-refractivity contribution in [3.63, 3.8) is 0 Å². The van der Waals surface area contributed by atoms with Crippen molar-refractivity contribution < 1.29 is 9.53 Å². The molecule has 0 bridgehead atoms. The van der Waals surface area contributed by atoms with Gasteiger partial charge < -0.3 is 26.0 Å². The number of amides is 2. The Labute approximate surface area is 240 Å². The SMILES string of the molecule is O=C(NC1CCC(Nc2nccc(Nc3cc(C4CCCC4)[nH]n3)n2)CC1)NC1Cc2ccc(C3COC3)cc2C1. The second kappa shape index (κ2) is 11.7. The van der Waals surface area contributed by atoms with Crippen LogP contribution in [0.25, 0.3) is 0 Å². The van der Waals surface area contributed by atoms with Gasteiger partial charge in [-0.15, -0.1) is 0 Å². The standard InChI is InChI=1S/C31H40N8O2/c40-31(35-26-14-21-6-5-20(13-22(21)15-26)23-17-41-18-23)34-25-9-7-24(8-10-25)33-30-32-12-11-28(37-30)36-29-16-27(38-39-29)19-3-1-2-4-19/h5-6,11-13,16,19,23-26H,1-4,7-10,14-15,17-18H2,(H2,34,35,40)(H3,32,33,36,37,38,39). The van der Waals surface area contributed by atoms with E-state index in [1.807, 2.05) is 6.07 Å². The fourth-order valence-electron chi connectivity index (χ4n) is 6.88. The second-order valence-corrected chi connectivity index (χ2v) is 12.3. The summed E-state index contributed by atoms with van der Waals surface area (Å²) in [5, 5.41) is 20.9. The zero-order chi connectivity index (χ0) is 27.6. The van der Waals surface area contributed by atoms with Crippen molar-refractivity contribution in [2.75, 3.05) is 23.8 Å². The molecule has 1 saturated heterocycles. The molecule has 0 spiro atoms. The predicted octanol–water partition coefficient (Wildman–Crippen LogP) is 4.90. The Hall–Kier alpha value is -3.66. The molecule has 1 aliphatic heterocycles. The fraction of sp³-hybridized carbons (Fsp3) is 0.548. The molecule has 1 atom stereocenters. The van der Waals surface area contributed by atoms with Crippen molar-refractivity contribution in [1.29, 1.82) is 0 Å². The second-order valence-electron chi connectivity index (χ2n) is 12.3. The Morgan fingerprint density at radius 3 is 2.41 bits per heavy atom. The average Bonchev–Trinajstić information content (AvgIpc) is 3.70. The van der Waals surface area contributed by atoms with E-state index in [0.717, 1.165) is 63.4 Å². The van der Waals surface area contributed by atoms with E-state index < -0.39 is 0 Å².